The van der Waals surface area contributed by atoms with Crippen LogP contribution in [0.1, 0.15) is 5.56 Å². The molecule has 2 N–H and O–H groups in total. The smallest absolute Gasteiger partial charge is 0.420 e. The van der Waals surface area contributed by atoms with Gasteiger partial charge in [0.1, 0.15) is 0 Å². The predicted molar refractivity (Wildman–Crippen MR) is 122 cm³/mol. The number of ether oxygens (including phenoxy) is 1. The quantitative estimate of drug-likeness (QED) is 0.626. The van der Waals surface area contributed by atoms with Gasteiger partial charge >= 0.3 is 6.18 Å². The van der Waals surface area contributed by atoms with Gasteiger partial charge in [-0.1, -0.05) is 6.07 Å². The Bertz CT molecular complexity index is 862. The number of para-hydroxylation sites is 1. The highest BCUT2D eigenvalue weighted by atomic mass is 35.5. The minimum Gasteiger partial charge on any atom is -0.494 e. The zero-order chi connectivity index (χ0) is 20.1. The molecule has 0 bridgehead atoms. The van der Waals surface area contributed by atoms with Crippen molar-refractivity contribution in [3.8, 4) is 5.75 Å². The van der Waals surface area contributed by atoms with E-state index in [-0.39, 0.29) is 48.5 Å². The number of alkyl halides is 3. The van der Waals surface area contributed by atoms with Crippen molar-refractivity contribution in [1.82, 2.24) is 15.1 Å². The van der Waals surface area contributed by atoms with Crippen molar-refractivity contribution in [1.29, 1.82) is 0 Å². The molecule has 1 aromatic heterocycles. The van der Waals surface area contributed by atoms with Crippen molar-refractivity contribution in [3.63, 3.8) is 0 Å². The van der Waals surface area contributed by atoms with E-state index >= 15 is 0 Å². The van der Waals surface area contributed by atoms with Gasteiger partial charge in [0.25, 0.3) is 5.56 Å². The van der Waals surface area contributed by atoms with Crippen LogP contribution in [0.25, 0.3) is 0 Å². The summed E-state index contributed by atoms with van der Waals surface area (Å²) in [6.45, 7) is 4.02. The number of halogens is 6. The minimum absolute atomic E-state index is 0. The molecular formula is C18H25Cl3F3N5O2. The monoisotopic (exact) mass is 505 g/mol. The number of anilines is 2. The van der Waals surface area contributed by atoms with Crippen LogP contribution in [-0.4, -0.2) is 61.5 Å². The number of H-pyrrole nitrogens is 1. The molecule has 3 rings (SSSR count). The molecular weight excluding hydrogens is 482 g/mol. The van der Waals surface area contributed by atoms with Gasteiger partial charge in [0.2, 0.25) is 0 Å². The first-order chi connectivity index (χ1) is 13.4. The molecule has 0 unspecified atom stereocenters. The molecule has 7 nitrogen and oxygen atoms in total. The molecule has 176 valence electrons. The Hall–Kier alpha value is -1.88. The van der Waals surface area contributed by atoms with Gasteiger partial charge in [0, 0.05) is 45.3 Å². The molecule has 13 heteroatoms. The molecule has 1 aliphatic rings. The molecule has 0 spiro atoms. The fraction of sp³-hybridized carbons (Fsp3) is 0.444. The number of hydrogen-bond acceptors (Lipinski definition) is 6. The second kappa shape index (κ2) is 12.8. The third-order valence-corrected chi connectivity index (χ3v) is 4.64. The van der Waals surface area contributed by atoms with Crippen molar-refractivity contribution < 1.29 is 17.9 Å². The number of benzene rings is 1. The maximum Gasteiger partial charge on any atom is 0.420 e. The van der Waals surface area contributed by atoms with Gasteiger partial charge in [0.05, 0.1) is 30.2 Å². The fourth-order valence-corrected chi connectivity index (χ4v) is 3.26. The van der Waals surface area contributed by atoms with Crippen LogP contribution in [0.15, 0.2) is 35.3 Å². The maximum atomic E-state index is 13.2. The van der Waals surface area contributed by atoms with E-state index in [0.29, 0.717) is 44.1 Å². The summed E-state index contributed by atoms with van der Waals surface area (Å²) in [5.41, 5.74) is 0.0833. The number of hydrogen-bond donors (Lipinski definition) is 2. The summed E-state index contributed by atoms with van der Waals surface area (Å²) in [5, 5.41) is 9.17. The van der Waals surface area contributed by atoms with E-state index in [9.17, 15) is 18.0 Å². The molecule has 0 amide bonds. The van der Waals surface area contributed by atoms with Crippen molar-refractivity contribution in [2.45, 2.75) is 6.18 Å². The van der Waals surface area contributed by atoms with Gasteiger partial charge < -0.3 is 15.0 Å². The molecule has 1 saturated heterocycles. The van der Waals surface area contributed by atoms with Crippen LogP contribution in [-0.2, 0) is 6.18 Å². The third-order valence-electron chi connectivity index (χ3n) is 4.64. The highest BCUT2D eigenvalue weighted by Gasteiger charge is 2.36. The predicted octanol–water partition coefficient (Wildman–Crippen LogP) is 3.30. The normalized spacial score (nSPS) is 14.0. The summed E-state index contributed by atoms with van der Waals surface area (Å²) < 4.78 is 44.7. The SMILES string of the molecule is COc1c(N2CCN(CCNc3cn[nH]c(=O)c3)CC2)cccc1C(F)(F)F.Cl.Cl.Cl. The number of aromatic amines is 1. The van der Waals surface area contributed by atoms with E-state index in [4.69, 9.17) is 4.74 Å². The third kappa shape index (κ3) is 7.64. The summed E-state index contributed by atoms with van der Waals surface area (Å²) in [6, 6.07) is 5.54. The van der Waals surface area contributed by atoms with Crippen LogP contribution in [0.3, 0.4) is 0 Å². The molecule has 0 aliphatic carbocycles. The molecule has 2 heterocycles. The Morgan fingerprint density at radius 1 is 1.16 bits per heavy atom. The van der Waals surface area contributed by atoms with E-state index in [1.54, 1.807) is 12.3 Å². The number of rotatable bonds is 6. The van der Waals surface area contributed by atoms with Gasteiger partial charge in [-0.15, -0.1) is 37.2 Å². The van der Waals surface area contributed by atoms with E-state index in [2.05, 4.69) is 20.4 Å². The van der Waals surface area contributed by atoms with Gasteiger partial charge in [-0.05, 0) is 12.1 Å². The summed E-state index contributed by atoms with van der Waals surface area (Å²) in [7, 11) is 1.26. The Balaban J connectivity index is 0.00000300. The number of nitrogens with zero attached hydrogens (tertiary/aromatic N) is 3. The Kier molecular flexibility index (Phi) is 12.1. The second-order valence-corrected chi connectivity index (χ2v) is 6.45. The van der Waals surface area contributed by atoms with E-state index in [1.807, 2.05) is 4.90 Å². The van der Waals surface area contributed by atoms with Gasteiger partial charge in [-0.3, -0.25) is 9.69 Å². The average molecular weight is 507 g/mol. The lowest BCUT2D eigenvalue weighted by molar-refractivity contribution is -0.138. The molecule has 31 heavy (non-hydrogen) atoms. The first-order valence-electron chi connectivity index (χ1n) is 8.88. The van der Waals surface area contributed by atoms with E-state index < -0.39 is 11.7 Å². The maximum absolute atomic E-state index is 13.2. The second-order valence-electron chi connectivity index (χ2n) is 6.45. The standard InChI is InChI=1S/C18H22F3N5O2.3ClH/c1-28-17-14(18(19,20)21)3-2-4-15(17)26-9-7-25(8-10-26)6-5-22-13-11-16(27)24-23-12-13;;;/h2-4,11-12H,5-10H2,1H3,(H2,22,24,27);3*1H. The van der Waals surface area contributed by atoms with Crippen molar-refractivity contribution in [2.24, 2.45) is 0 Å². The molecule has 1 aromatic carbocycles. The zero-order valence-electron chi connectivity index (χ0n) is 16.6. The van der Waals surface area contributed by atoms with Crippen molar-refractivity contribution >= 4 is 48.6 Å². The van der Waals surface area contributed by atoms with Gasteiger partial charge in [-0.2, -0.15) is 18.3 Å². The molecule has 0 atom stereocenters. The van der Waals surface area contributed by atoms with Crippen LogP contribution in [0, 0.1) is 0 Å². The first-order valence-corrected chi connectivity index (χ1v) is 8.88. The molecule has 2 aromatic rings. The molecule has 1 aliphatic heterocycles. The highest BCUT2D eigenvalue weighted by molar-refractivity contribution is 5.86. The van der Waals surface area contributed by atoms with E-state index in [1.165, 1.54) is 19.2 Å². The van der Waals surface area contributed by atoms with E-state index in [0.717, 1.165) is 12.6 Å². The Morgan fingerprint density at radius 3 is 2.42 bits per heavy atom. The zero-order valence-corrected chi connectivity index (χ0v) is 19.1. The summed E-state index contributed by atoms with van der Waals surface area (Å²) in [6.07, 6.45) is -2.91. The van der Waals surface area contributed by atoms with Crippen molar-refractivity contribution in [2.75, 3.05) is 56.6 Å². The summed E-state index contributed by atoms with van der Waals surface area (Å²) in [5.74, 6) is -0.132. The fourth-order valence-electron chi connectivity index (χ4n) is 3.26. The summed E-state index contributed by atoms with van der Waals surface area (Å²) in [4.78, 5) is 15.3. The highest BCUT2D eigenvalue weighted by Crippen LogP contribution is 2.41. The van der Waals surface area contributed by atoms with Gasteiger partial charge in [-0.25, -0.2) is 5.10 Å². The van der Waals surface area contributed by atoms with Crippen LogP contribution in [0.5, 0.6) is 5.75 Å². The average Bonchev–Trinajstić information content (AvgIpc) is 2.67. The lowest BCUT2D eigenvalue weighted by atomic mass is 10.1. The lowest BCUT2D eigenvalue weighted by Gasteiger charge is -2.37. The minimum atomic E-state index is -4.46. The first kappa shape index (κ1) is 29.1. The Labute approximate surface area is 196 Å². The van der Waals surface area contributed by atoms with Crippen molar-refractivity contribution in [3.05, 3.63) is 46.4 Å². The molecule has 1 fully saturated rings. The lowest BCUT2D eigenvalue weighted by Crippen LogP contribution is -2.47. The molecule has 0 radical (unpaired) electrons. The van der Waals surface area contributed by atoms with Crippen LogP contribution in [0.4, 0.5) is 24.5 Å². The Morgan fingerprint density at radius 2 is 1.84 bits per heavy atom. The number of methoxy groups -OCH3 is 1. The van der Waals surface area contributed by atoms with Crippen LogP contribution >= 0.6 is 37.2 Å². The number of aromatic nitrogens is 2. The number of nitrogens with one attached hydrogen (secondary N) is 2. The summed E-state index contributed by atoms with van der Waals surface area (Å²) >= 11 is 0. The van der Waals surface area contributed by atoms with Crippen LogP contribution < -0.4 is 20.5 Å². The molecule has 0 saturated carbocycles. The van der Waals surface area contributed by atoms with Crippen LogP contribution in [0.2, 0.25) is 0 Å². The van der Waals surface area contributed by atoms with Gasteiger partial charge in [0.15, 0.2) is 5.75 Å². The topological polar surface area (TPSA) is 73.5 Å². The largest absolute Gasteiger partial charge is 0.494 e. The number of piperazine rings is 1.